The molecule has 0 spiro atoms. The van der Waals surface area contributed by atoms with Crippen molar-refractivity contribution in [1.82, 2.24) is 29.2 Å². The molecule has 4 aromatic heterocycles. The minimum Gasteiger partial charge on any atom is -0.339 e. The lowest BCUT2D eigenvalue weighted by Gasteiger charge is -2.13. The normalized spacial score (nSPS) is 11.4. The quantitative estimate of drug-likeness (QED) is 0.133. The van der Waals surface area contributed by atoms with Gasteiger partial charge in [0.1, 0.15) is 5.84 Å². The number of aromatic amines is 1. The Kier molecular flexibility index (Phi) is 6.80. The molecule has 12 heteroatoms. The molecular weight excluding hydrogens is 496 g/mol. The van der Waals surface area contributed by atoms with Gasteiger partial charge in [-0.25, -0.2) is 9.55 Å². The van der Waals surface area contributed by atoms with E-state index in [-0.39, 0.29) is 23.4 Å². The minimum atomic E-state index is -0.447. The van der Waals surface area contributed by atoms with Gasteiger partial charge in [0.2, 0.25) is 17.3 Å². The van der Waals surface area contributed by atoms with Crippen molar-refractivity contribution >= 4 is 44.3 Å². The van der Waals surface area contributed by atoms with Crippen molar-refractivity contribution in [3.8, 4) is 11.4 Å². The zero-order chi connectivity index (χ0) is 22.7. The summed E-state index contributed by atoms with van der Waals surface area (Å²) >= 11 is 4.84. The van der Waals surface area contributed by atoms with Crippen LogP contribution in [0.1, 0.15) is 44.9 Å². The fourth-order valence-corrected chi connectivity index (χ4v) is 4.48. The zero-order valence-electron chi connectivity index (χ0n) is 17.5. The van der Waals surface area contributed by atoms with Gasteiger partial charge in [0, 0.05) is 30.3 Å². The van der Waals surface area contributed by atoms with E-state index in [1.54, 1.807) is 15.9 Å². The molecule has 0 amide bonds. The summed E-state index contributed by atoms with van der Waals surface area (Å²) in [5.41, 5.74) is 1.14. The van der Waals surface area contributed by atoms with Gasteiger partial charge in [0.25, 0.3) is 5.56 Å². The number of hydrogen-bond donors (Lipinski definition) is 3. The van der Waals surface area contributed by atoms with Crippen molar-refractivity contribution < 1.29 is 4.52 Å². The van der Waals surface area contributed by atoms with Crippen molar-refractivity contribution in [3.05, 3.63) is 43.4 Å². The maximum absolute atomic E-state index is 13.0. The second kappa shape index (κ2) is 9.74. The number of halogens is 1. The van der Waals surface area contributed by atoms with Crippen molar-refractivity contribution in [2.75, 3.05) is 0 Å². The Balaban J connectivity index is 1.53. The lowest BCUT2D eigenvalue weighted by atomic mass is 10.2. The molecule has 4 aromatic rings. The van der Waals surface area contributed by atoms with Gasteiger partial charge in [-0.1, -0.05) is 24.9 Å². The Morgan fingerprint density at radius 2 is 2.16 bits per heavy atom. The number of nitrogens with one attached hydrogen (secondary N) is 3. The van der Waals surface area contributed by atoms with E-state index >= 15 is 0 Å². The second-order valence-electron chi connectivity index (χ2n) is 7.37. The third kappa shape index (κ3) is 4.51. The smallest absolute Gasteiger partial charge is 0.286 e. The molecule has 0 fully saturated rings. The number of thiophene rings is 1. The SMILES string of the molecule is CCCCCn1c(=N)n(C(=N)CCCc2nc(-c3ccsc3)no2)c(=O)c2[nH]c(Br)nc21. The number of H-pyrrole nitrogens is 1. The maximum Gasteiger partial charge on any atom is 0.286 e. The van der Waals surface area contributed by atoms with Crippen LogP contribution in [0.3, 0.4) is 0 Å². The Morgan fingerprint density at radius 3 is 2.91 bits per heavy atom. The summed E-state index contributed by atoms with van der Waals surface area (Å²) in [4.78, 5) is 24.6. The van der Waals surface area contributed by atoms with Gasteiger partial charge < -0.3 is 9.51 Å². The molecule has 0 atom stereocenters. The maximum atomic E-state index is 13.0. The summed E-state index contributed by atoms with van der Waals surface area (Å²) < 4.78 is 8.56. The molecule has 0 saturated carbocycles. The van der Waals surface area contributed by atoms with Crippen LogP contribution in [0.5, 0.6) is 0 Å². The molecule has 0 aromatic carbocycles. The van der Waals surface area contributed by atoms with E-state index in [0.717, 1.165) is 29.4 Å². The van der Waals surface area contributed by atoms with Gasteiger partial charge in [-0.3, -0.25) is 20.2 Å². The van der Waals surface area contributed by atoms with Crippen LogP contribution in [-0.4, -0.2) is 35.1 Å². The molecule has 0 aliphatic carbocycles. The number of fused-ring (bicyclic) bond motifs is 1. The van der Waals surface area contributed by atoms with Crippen LogP contribution in [-0.2, 0) is 13.0 Å². The number of rotatable bonds is 9. The first-order valence-electron chi connectivity index (χ1n) is 10.4. The summed E-state index contributed by atoms with van der Waals surface area (Å²) in [7, 11) is 0. The number of unbranched alkanes of at least 4 members (excludes halogenated alkanes) is 2. The molecule has 32 heavy (non-hydrogen) atoms. The van der Waals surface area contributed by atoms with Crippen LogP contribution in [0, 0.1) is 10.8 Å². The first kappa shape index (κ1) is 22.3. The average molecular weight is 519 g/mol. The van der Waals surface area contributed by atoms with E-state index in [9.17, 15) is 4.79 Å². The van der Waals surface area contributed by atoms with Gasteiger partial charge in [0.05, 0.1) is 0 Å². The molecule has 0 saturated heterocycles. The third-order valence-corrected chi connectivity index (χ3v) is 6.16. The predicted molar refractivity (Wildman–Crippen MR) is 125 cm³/mol. The highest BCUT2D eigenvalue weighted by Crippen LogP contribution is 2.19. The largest absolute Gasteiger partial charge is 0.339 e. The molecule has 0 radical (unpaired) electrons. The minimum absolute atomic E-state index is 0.0415. The fourth-order valence-electron chi connectivity index (χ4n) is 3.48. The van der Waals surface area contributed by atoms with Crippen molar-refractivity contribution in [1.29, 1.82) is 10.8 Å². The lowest BCUT2D eigenvalue weighted by molar-refractivity contribution is 0.376. The monoisotopic (exact) mass is 518 g/mol. The van der Waals surface area contributed by atoms with Crippen LogP contribution >= 0.6 is 27.3 Å². The predicted octanol–water partition coefficient (Wildman–Crippen LogP) is 3.92. The summed E-state index contributed by atoms with van der Waals surface area (Å²) in [6.07, 6.45) is 4.22. The molecule has 4 heterocycles. The summed E-state index contributed by atoms with van der Waals surface area (Å²) in [6.45, 7) is 2.66. The second-order valence-corrected chi connectivity index (χ2v) is 8.90. The molecule has 4 rings (SSSR count). The van der Waals surface area contributed by atoms with Crippen LogP contribution in [0.25, 0.3) is 22.6 Å². The van der Waals surface area contributed by atoms with Crippen LogP contribution in [0.15, 0.2) is 30.9 Å². The lowest BCUT2D eigenvalue weighted by Crippen LogP contribution is -2.44. The van der Waals surface area contributed by atoms with Crippen LogP contribution in [0.4, 0.5) is 0 Å². The van der Waals surface area contributed by atoms with Gasteiger partial charge in [-0.15, -0.1) is 0 Å². The van der Waals surface area contributed by atoms with E-state index < -0.39 is 5.56 Å². The molecule has 10 nitrogen and oxygen atoms in total. The van der Waals surface area contributed by atoms with Crippen molar-refractivity contribution in [3.63, 3.8) is 0 Å². The number of nitrogens with zero attached hydrogens (tertiary/aromatic N) is 5. The van der Waals surface area contributed by atoms with E-state index in [0.29, 0.717) is 41.5 Å². The average Bonchev–Trinajstić information content (AvgIpc) is 3.51. The number of aryl methyl sites for hydroxylation is 2. The van der Waals surface area contributed by atoms with E-state index in [1.165, 1.54) is 0 Å². The highest BCUT2D eigenvalue weighted by Gasteiger charge is 2.18. The van der Waals surface area contributed by atoms with Crippen LogP contribution < -0.4 is 11.2 Å². The van der Waals surface area contributed by atoms with Gasteiger partial charge in [-0.2, -0.15) is 16.3 Å². The first-order valence-corrected chi connectivity index (χ1v) is 12.1. The molecule has 0 aliphatic rings. The molecule has 0 aliphatic heterocycles. The van der Waals surface area contributed by atoms with E-state index in [4.69, 9.17) is 15.3 Å². The number of imidazole rings is 1. The molecule has 0 unspecified atom stereocenters. The number of hydrogen-bond acceptors (Lipinski definition) is 8. The van der Waals surface area contributed by atoms with E-state index in [2.05, 4.69) is 43.0 Å². The number of aromatic nitrogens is 6. The zero-order valence-corrected chi connectivity index (χ0v) is 19.9. The Bertz CT molecular complexity index is 1350. The summed E-state index contributed by atoms with van der Waals surface area (Å²) in [6, 6.07) is 1.93. The van der Waals surface area contributed by atoms with E-state index in [1.807, 2.05) is 16.8 Å². The highest BCUT2D eigenvalue weighted by molar-refractivity contribution is 9.10. The highest BCUT2D eigenvalue weighted by atomic mass is 79.9. The third-order valence-electron chi connectivity index (χ3n) is 5.10. The standard InChI is InChI=1S/C20H23BrN8O2S/c1-2-3-4-9-28-17-15(25-19(21)26-17)18(30)29(20(28)23)13(22)6-5-7-14-24-16(27-31-14)12-8-10-32-11-12/h8,10-11,22-23H,2-7,9H2,1H3,(H,25,26). The fraction of sp³-hybridized carbons (Fsp3) is 0.400. The Labute approximate surface area is 195 Å². The van der Waals surface area contributed by atoms with Gasteiger partial charge in [-0.05, 0) is 40.2 Å². The molecular formula is C20H23BrN8O2S. The first-order chi connectivity index (χ1) is 15.5. The summed E-state index contributed by atoms with van der Waals surface area (Å²) in [5, 5.41) is 25.0. The van der Waals surface area contributed by atoms with Crippen LogP contribution in [0.2, 0.25) is 0 Å². The van der Waals surface area contributed by atoms with Gasteiger partial charge >= 0.3 is 0 Å². The van der Waals surface area contributed by atoms with Crippen molar-refractivity contribution in [2.24, 2.45) is 0 Å². The van der Waals surface area contributed by atoms with Crippen molar-refractivity contribution in [2.45, 2.75) is 52.0 Å². The van der Waals surface area contributed by atoms with Gasteiger partial charge in [0.15, 0.2) is 15.9 Å². The molecule has 3 N–H and O–H groups in total. The topological polar surface area (TPSA) is 142 Å². The summed E-state index contributed by atoms with van der Waals surface area (Å²) in [5.74, 6) is 1.08. The Morgan fingerprint density at radius 1 is 1.31 bits per heavy atom. The molecule has 0 bridgehead atoms. The Hall–Kier alpha value is -2.86. The molecule has 168 valence electrons.